The first-order valence-corrected chi connectivity index (χ1v) is 10.9. The number of Topliss-reactive ketones (excluding diaryl/α,β-unsaturated/α-hetero) is 2. The number of carbonyl (C=O) groups is 2. The molecule has 0 aromatic carbocycles. The fraction of sp³-hybridized carbons (Fsp3) is 0.826. The van der Waals surface area contributed by atoms with E-state index in [4.69, 9.17) is 0 Å². The summed E-state index contributed by atoms with van der Waals surface area (Å²) in [6.07, 6.45) is 8.83. The number of nitrogens with zero attached hydrogens (tertiary/aromatic N) is 1. The molecule has 0 aliphatic carbocycles. The molecular formula is C23H43N3O2. The standard InChI is InChI=1S/C23H43N3O2/c1-18(2)21(28)23(6)14-12-16-26(7)15-11-9-8-10-13-22(5,25-19(3)4)20(27)17-24-23/h9,11,18-19,24-25H,8,10,12-17H2,1-7H3/t22-,23+/m1/s1. The van der Waals surface area contributed by atoms with Crippen LogP contribution < -0.4 is 10.6 Å². The van der Waals surface area contributed by atoms with Crippen molar-refractivity contribution in [3.05, 3.63) is 12.2 Å². The first kappa shape index (κ1) is 25.0. The summed E-state index contributed by atoms with van der Waals surface area (Å²) >= 11 is 0. The number of likely N-dealkylation sites (N-methyl/N-ethyl adjacent to an activating group) is 1. The Morgan fingerprint density at radius 2 is 1.82 bits per heavy atom. The summed E-state index contributed by atoms with van der Waals surface area (Å²) in [7, 11) is 2.12. The molecule has 28 heavy (non-hydrogen) atoms. The van der Waals surface area contributed by atoms with Crippen LogP contribution in [0.25, 0.3) is 0 Å². The van der Waals surface area contributed by atoms with Gasteiger partial charge in [0.25, 0.3) is 0 Å². The normalized spacial score (nSPS) is 29.7. The number of rotatable bonds is 4. The lowest BCUT2D eigenvalue weighted by Gasteiger charge is -2.35. The van der Waals surface area contributed by atoms with Crippen molar-refractivity contribution < 1.29 is 9.59 Å². The van der Waals surface area contributed by atoms with Crippen molar-refractivity contribution >= 4 is 11.6 Å². The number of hydrogen-bond donors (Lipinski definition) is 2. The summed E-state index contributed by atoms with van der Waals surface area (Å²) in [6, 6.07) is 0.226. The smallest absolute Gasteiger partial charge is 0.166 e. The van der Waals surface area contributed by atoms with E-state index >= 15 is 0 Å². The Morgan fingerprint density at radius 3 is 2.43 bits per heavy atom. The summed E-state index contributed by atoms with van der Waals surface area (Å²) in [5.41, 5.74) is -1.24. The monoisotopic (exact) mass is 393 g/mol. The first-order chi connectivity index (χ1) is 13.0. The zero-order valence-corrected chi connectivity index (χ0v) is 19.2. The fourth-order valence-electron chi connectivity index (χ4n) is 4.08. The van der Waals surface area contributed by atoms with E-state index < -0.39 is 11.1 Å². The van der Waals surface area contributed by atoms with Gasteiger partial charge in [-0.2, -0.15) is 0 Å². The van der Waals surface area contributed by atoms with Crippen molar-refractivity contribution in [3.63, 3.8) is 0 Å². The van der Waals surface area contributed by atoms with Crippen LogP contribution in [0.15, 0.2) is 12.2 Å². The molecule has 0 fully saturated rings. The number of nitrogens with one attached hydrogen (secondary N) is 2. The Kier molecular flexibility index (Phi) is 10.0. The SMILES string of the molecule is CC(C)N[C@]1(C)CCCC=CCN(C)CCC[C@@](C)(C(=O)C(C)C)NCC1=O. The molecule has 0 spiro atoms. The lowest BCUT2D eigenvalue weighted by Crippen LogP contribution is -2.59. The quantitative estimate of drug-likeness (QED) is 0.718. The van der Waals surface area contributed by atoms with Gasteiger partial charge in [-0.25, -0.2) is 0 Å². The Morgan fingerprint density at radius 1 is 1.14 bits per heavy atom. The van der Waals surface area contributed by atoms with Gasteiger partial charge < -0.3 is 10.2 Å². The van der Waals surface area contributed by atoms with Crippen LogP contribution in [0.5, 0.6) is 0 Å². The molecule has 1 aliphatic heterocycles. The second-order valence-corrected chi connectivity index (χ2v) is 9.49. The minimum atomic E-state index is -0.667. The van der Waals surface area contributed by atoms with E-state index in [1.165, 1.54) is 0 Å². The Labute approximate surface area is 172 Å². The third kappa shape index (κ3) is 7.76. The van der Waals surface area contributed by atoms with Crippen LogP contribution in [0.2, 0.25) is 0 Å². The maximum atomic E-state index is 13.2. The van der Waals surface area contributed by atoms with Gasteiger partial charge in [-0.15, -0.1) is 0 Å². The molecule has 0 saturated carbocycles. The van der Waals surface area contributed by atoms with Crippen LogP contribution in [0.4, 0.5) is 0 Å². The molecule has 1 heterocycles. The van der Waals surface area contributed by atoms with Gasteiger partial charge in [0.15, 0.2) is 11.6 Å². The van der Waals surface area contributed by atoms with Gasteiger partial charge in [0.05, 0.1) is 17.6 Å². The predicted molar refractivity (Wildman–Crippen MR) is 118 cm³/mol. The minimum absolute atomic E-state index is 0.0597. The molecule has 1 aliphatic rings. The van der Waals surface area contributed by atoms with Crippen LogP contribution in [0.1, 0.15) is 73.6 Å². The Bertz CT molecular complexity index is 544. The van der Waals surface area contributed by atoms with Gasteiger partial charge in [0.1, 0.15) is 0 Å². The van der Waals surface area contributed by atoms with Crippen molar-refractivity contribution in [2.24, 2.45) is 5.92 Å². The Hall–Kier alpha value is -1.04. The molecule has 0 unspecified atom stereocenters. The van der Waals surface area contributed by atoms with E-state index in [1.807, 2.05) is 27.7 Å². The predicted octanol–water partition coefficient (Wildman–Crippen LogP) is 3.34. The highest BCUT2D eigenvalue weighted by Gasteiger charge is 2.37. The topological polar surface area (TPSA) is 61.4 Å². The first-order valence-electron chi connectivity index (χ1n) is 10.9. The van der Waals surface area contributed by atoms with Crippen LogP contribution in [-0.2, 0) is 9.59 Å². The maximum Gasteiger partial charge on any atom is 0.166 e. The van der Waals surface area contributed by atoms with Crippen LogP contribution in [-0.4, -0.2) is 60.3 Å². The van der Waals surface area contributed by atoms with Crippen LogP contribution in [0, 0.1) is 5.92 Å². The Balaban J connectivity index is 3.06. The number of carbonyl (C=O) groups excluding carboxylic acids is 2. The van der Waals surface area contributed by atoms with E-state index in [0.29, 0.717) is 0 Å². The summed E-state index contributed by atoms with van der Waals surface area (Å²) in [6.45, 7) is 14.1. The molecule has 0 aromatic heterocycles. The van der Waals surface area contributed by atoms with E-state index in [1.54, 1.807) is 0 Å². The molecule has 1 rings (SSSR count). The highest BCUT2D eigenvalue weighted by molar-refractivity contribution is 5.93. The molecule has 0 saturated heterocycles. The maximum absolute atomic E-state index is 13.2. The number of ketones is 2. The molecule has 0 amide bonds. The van der Waals surface area contributed by atoms with Crippen molar-refractivity contribution in [3.8, 4) is 0 Å². The number of allylic oxidation sites excluding steroid dienone is 1. The van der Waals surface area contributed by atoms with Crippen molar-refractivity contribution in [1.82, 2.24) is 15.5 Å². The molecule has 2 atom stereocenters. The van der Waals surface area contributed by atoms with E-state index in [0.717, 1.165) is 45.2 Å². The molecule has 162 valence electrons. The van der Waals surface area contributed by atoms with E-state index in [-0.39, 0.29) is 30.1 Å². The van der Waals surface area contributed by atoms with Gasteiger partial charge >= 0.3 is 0 Å². The third-order valence-corrected chi connectivity index (χ3v) is 5.78. The molecule has 0 aromatic rings. The van der Waals surface area contributed by atoms with Crippen molar-refractivity contribution in [1.29, 1.82) is 0 Å². The zero-order chi connectivity index (χ0) is 21.4. The summed E-state index contributed by atoms with van der Waals surface area (Å²) in [5.74, 6) is 0.265. The average molecular weight is 394 g/mol. The van der Waals surface area contributed by atoms with Crippen LogP contribution in [0.3, 0.4) is 0 Å². The molecule has 5 heteroatoms. The van der Waals surface area contributed by atoms with Gasteiger partial charge in [0, 0.05) is 18.5 Å². The second kappa shape index (κ2) is 11.2. The van der Waals surface area contributed by atoms with Crippen molar-refractivity contribution in [2.45, 2.75) is 90.8 Å². The van der Waals surface area contributed by atoms with E-state index in [9.17, 15) is 9.59 Å². The third-order valence-electron chi connectivity index (χ3n) is 5.78. The molecular weight excluding hydrogens is 350 g/mol. The summed E-state index contributed by atoms with van der Waals surface area (Å²) in [5, 5.41) is 6.85. The molecule has 0 bridgehead atoms. The largest absolute Gasteiger partial charge is 0.303 e. The van der Waals surface area contributed by atoms with Gasteiger partial charge in [-0.3, -0.25) is 14.9 Å². The van der Waals surface area contributed by atoms with Gasteiger partial charge in [-0.05, 0) is 73.4 Å². The van der Waals surface area contributed by atoms with Gasteiger partial charge in [-0.1, -0.05) is 26.0 Å². The lowest BCUT2D eigenvalue weighted by molar-refractivity contribution is -0.129. The molecule has 2 N–H and O–H groups in total. The second-order valence-electron chi connectivity index (χ2n) is 9.49. The average Bonchev–Trinajstić information content (AvgIpc) is 2.60. The van der Waals surface area contributed by atoms with Crippen molar-refractivity contribution in [2.75, 3.05) is 26.7 Å². The molecule has 0 radical (unpaired) electrons. The highest BCUT2D eigenvalue weighted by atomic mass is 16.1. The summed E-state index contributed by atoms with van der Waals surface area (Å²) < 4.78 is 0. The van der Waals surface area contributed by atoms with E-state index in [2.05, 4.69) is 48.6 Å². The minimum Gasteiger partial charge on any atom is -0.303 e. The lowest BCUT2D eigenvalue weighted by atomic mass is 9.83. The molecule has 5 nitrogen and oxygen atoms in total. The highest BCUT2D eigenvalue weighted by Crippen LogP contribution is 2.21. The van der Waals surface area contributed by atoms with Gasteiger partial charge in [0.2, 0.25) is 0 Å². The summed E-state index contributed by atoms with van der Waals surface area (Å²) in [4.78, 5) is 28.4. The number of hydrogen-bond acceptors (Lipinski definition) is 5. The van der Waals surface area contributed by atoms with Crippen LogP contribution >= 0.6 is 0 Å². The zero-order valence-electron chi connectivity index (χ0n) is 19.2. The fourth-order valence-corrected chi connectivity index (χ4v) is 4.08.